The Morgan fingerprint density at radius 1 is 1.40 bits per heavy atom. The molecule has 3 heteroatoms. The van der Waals surface area contributed by atoms with Crippen LogP contribution in [0.25, 0.3) is 10.9 Å². The molecule has 0 saturated heterocycles. The Balaban J connectivity index is 2.95. The first-order chi connectivity index (χ1) is 7.06. The molecule has 0 unspecified atom stereocenters. The van der Waals surface area contributed by atoms with Crippen molar-refractivity contribution in [1.82, 2.24) is 4.57 Å². The minimum Gasteiger partial charge on any atom is -0.399 e. The maximum absolute atomic E-state index is 13.7. The van der Waals surface area contributed by atoms with Crippen molar-refractivity contribution in [1.29, 1.82) is 0 Å². The Morgan fingerprint density at radius 3 is 2.67 bits per heavy atom. The van der Waals surface area contributed by atoms with Crippen LogP contribution < -0.4 is 5.73 Å². The number of hydrogen-bond acceptors (Lipinski definition) is 1. The number of aryl methyl sites for hydroxylation is 2. The van der Waals surface area contributed by atoms with Crippen LogP contribution in [-0.2, 0) is 13.5 Å². The highest BCUT2D eigenvalue weighted by Gasteiger charge is 2.14. The van der Waals surface area contributed by atoms with Gasteiger partial charge in [0.2, 0.25) is 0 Å². The van der Waals surface area contributed by atoms with Crippen LogP contribution in [0.1, 0.15) is 18.2 Å². The van der Waals surface area contributed by atoms with Gasteiger partial charge in [0.15, 0.2) is 0 Å². The van der Waals surface area contributed by atoms with E-state index in [1.807, 2.05) is 24.6 Å². The molecule has 0 amide bonds. The third-order valence-electron chi connectivity index (χ3n) is 3.00. The van der Waals surface area contributed by atoms with E-state index in [1.165, 1.54) is 6.07 Å². The SMILES string of the molecule is CCc1c(C)c2cc(N)cc(F)c2n1C. The molecule has 0 aliphatic carbocycles. The second-order valence-corrected chi connectivity index (χ2v) is 3.88. The van der Waals surface area contributed by atoms with E-state index in [0.29, 0.717) is 11.2 Å². The molecule has 15 heavy (non-hydrogen) atoms. The summed E-state index contributed by atoms with van der Waals surface area (Å²) in [4.78, 5) is 0. The second-order valence-electron chi connectivity index (χ2n) is 3.88. The van der Waals surface area contributed by atoms with E-state index < -0.39 is 0 Å². The predicted octanol–water partition coefficient (Wildman–Crippen LogP) is 2.77. The number of fused-ring (bicyclic) bond motifs is 1. The number of benzene rings is 1. The first kappa shape index (κ1) is 10.0. The second kappa shape index (κ2) is 3.26. The fraction of sp³-hybridized carbons (Fsp3) is 0.333. The molecule has 0 radical (unpaired) electrons. The largest absolute Gasteiger partial charge is 0.399 e. The number of nitrogens with two attached hydrogens (primary N) is 1. The van der Waals surface area contributed by atoms with Gasteiger partial charge in [-0.05, 0) is 31.0 Å². The molecule has 0 spiro atoms. The summed E-state index contributed by atoms with van der Waals surface area (Å²) >= 11 is 0. The molecule has 2 aromatic rings. The predicted molar refractivity (Wildman–Crippen MR) is 61.4 cm³/mol. The highest BCUT2D eigenvalue weighted by atomic mass is 19.1. The molecule has 0 bridgehead atoms. The molecule has 0 aliphatic rings. The number of halogens is 1. The standard InChI is InChI=1S/C12H15FN2/c1-4-11-7(2)9-5-8(14)6-10(13)12(9)15(11)3/h5-6H,4,14H2,1-3H3. The van der Waals surface area contributed by atoms with E-state index in [0.717, 1.165) is 23.1 Å². The van der Waals surface area contributed by atoms with Gasteiger partial charge in [-0.15, -0.1) is 0 Å². The van der Waals surface area contributed by atoms with Crippen LogP contribution in [0.3, 0.4) is 0 Å². The number of rotatable bonds is 1. The Bertz CT molecular complexity index is 526. The van der Waals surface area contributed by atoms with Crippen LogP contribution in [0.5, 0.6) is 0 Å². The lowest BCUT2D eigenvalue weighted by molar-refractivity contribution is 0.631. The van der Waals surface area contributed by atoms with Gasteiger partial charge < -0.3 is 10.3 Å². The van der Waals surface area contributed by atoms with Gasteiger partial charge in [-0.2, -0.15) is 0 Å². The summed E-state index contributed by atoms with van der Waals surface area (Å²) in [6.45, 7) is 4.09. The van der Waals surface area contributed by atoms with E-state index in [1.54, 1.807) is 0 Å². The molecule has 1 aromatic heterocycles. The highest BCUT2D eigenvalue weighted by Crippen LogP contribution is 2.29. The lowest BCUT2D eigenvalue weighted by Gasteiger charge is -2.02. The Kier molecular flexibility index (Phi) is 2.18. The van der Waals surface area contributed by atoms with Gasteiger partial charge >= 0.3 is 0 Å². The van der Waals surface area contributed by atoms with Crippen LogP contribution >= 0.6 is 0 Å². The Labute approximate surface area is 88.5 Å². The number of anilines is 1. The fourth-order valence-electron chi connectivity index (χ4n) is 2.29. The maximum Gasteiger partial charge on any atom is 0.149 e. The summed E-state index contributed by atoms with van der Waals surface area (Å²) in [6.07, 6.45) is 0.899. The van der Waals surface area contributed by atoms with Gasteiger partial charge in [-0.3, -0.25) is 0 Å². The van der Waals surface area contributed by atoms with Gasteiger partial charge in [0.05, 0.1) is 5.52 Å². The molecule has 0 aliphatic heterocycles. The van der Waals surface area contributed by atoms with Crippen molar-refractivity contribution < 1.29 is 4.39 Å². The average molecular weight is 206 g/mol. The normalized spacial score (nSPS) is 11.2. The fourth-order valence-corrected chi connectivity index (χ4v) is 2.29. The van der Waals surface area contributed by atoms with Crippen molar-refractivity contribution in [2.75, 3.05) is 5.73 Å². The smallest absolute Gasteiger partial charge is 0.149 e. The molecule has 1 aromatic carbocycles. The number of nitrogens with zero attached hydrogens (tertiary/aromatic N) is 1. The van der Waals surface area contributed by atoms with Crippen molar-refractivity contribution >= 4 is 16.6 Å². The molecule has 2 rings (SSSR count). The average Bonchev–Trinajstić information content (AvgIpc) is 2.39. The topological polar surface area (TPSA) is 30.9 Å². The quantitative estimate of drug-likeness (QED) is 0.715. The molecule has 2 N–H and O–H groups in total. The van der Waals surface area contributed by atoms with Crippen LogP contribution in [0.15, 0.2) is 12.1 Å². The molecule has 2 nitrogen and oxygen atoms in total. The zero-order valence-corrected chi connectivity index (χ0v) is 9.26. The van der Waals surface area contributed by atoms with Crippen molar-refractivity contribution in [3.05, 3.63) is 29.2 Å². The van der Waals surface area contributed by atoms with Crippen LogP contribution in [0.4, 0.5) is 10.1 Å². The van der Waals surface area contributed by atoms with Crippen molar-refractivity contribution in [3.8, 4) is 0 Å². The molecule has 0 fully saturated rings. The molecule has 0 saturated carbocycles. The Morgan fingerprint density at radius 2 is 2.07 bits per heavy atom. The molecule has 1 heterocycles. The summed E-state index contributed by atoms with van der Waals surface area (Å²) in [5.41, 5.74) is 9.07. The van der Waals surface area contributed by atoms with Crippen LogP contribution in [0.2, 0.25) is 0 Å². The summed E-state index contributed by atoms with van der Waals surface area (Å²) in [6, 6.07) is 3.22. The minimum atomic E-state index is -0.240. The summed E-state index contributed by atoms with van der Waals surface area (Å²) in [7, 11) is 1.90. The van der Waals surface area contributed by atoms with Gasteiger partial charge in [-0.1, -0.05) is 6.92 Å². The van der Waals surface area contributed by atoms with E-state index in [2.05, 4.69) is 6.92 Å². The first-order valence-electron chi connectivity index (χ1n) is 5.09. The molecular formula is C12H15FN2. The Hall–Kier alpha value is -1.51. The van der Waals surface area contributed by atoms with Gasteiger partial charge in [0.1, 0.15) is 5.82 Å². The van der Waals surface area contributed by atoms with Crippen LogP contribution in [0, 0.1) is 12.7 Å². The number of hydrogen-bond donors (Lipinski definition) is 1. The summed E-state index contributed by atoms with van der Waals surface area (Å²) < 4.78 is 15.7. The van der Waals surface area contributed by atoms with E-state index in [4.69, 9.17) is 5.73 Å². The molecule has 0 atom stereocenters. The summed E-state index contributed by atoms with van der Waals surface area (Å²) in [5.74, 6) is -0.240. The first-order valence-corrected chi connectivity index (χ1v) is 5.09. The number of aromatic nitrogens is 1. The van der Waals surface area contributed by atoms with E-state index >= 15 is 0 Å². The van der Waals surface area contributed by atoms with Gasteiger partial charge in [0, 0.05) is 23.8 Å². The third-order valence-corrected chi connectivity index (χ3v) is 3.00. The van der Waals surface area contributed by atoms with Gasteiger partial charge in [-0.25, -0.2) is 4.39 Å². The summed E-state index contributed by atoms with van der Waals surface area (Å²) in [5, 5.41) is 0.923. The number of nitrogen functional groups attached to an aromatic ring is 1. The lowest BCUT2D eigenvalue weighted by Crippen LogP contribution is -1.96. The zero-order chi connectivity index (χ0) is 11.2. The zero-order valence-electron chi connectivity index (χ0n) is 9.26. The monoisotopic (exact) mass is 206 g/mol. The molecular weight excluding hydrogens is 191 g/mol. The minimum absolute atomic E-state index is 0.240. The molecule has 80 valence electrons. The third kappa shape index (κ3) is 1.30. The van der Waals surface area contributed by atoms with E-state index in [-0.39, 0.29) is 5.82 Å². The highest BCUT2D eigenvalue weighted by molar-refractivity contribution is 5.88. The maximum atomic E-state index is 13.7. The van der Waals surface area contributed by atoms with Crippen molar-refractivity contribution in [2.24, 2.45) is 7.05 Å². The van der Waals surface area contributed by atoms with Gasteiger partial charge in [0.25, 0.3) is 0 Å². The van der Waals surface area contributed by atoms with Crippen LogP contribution in [-0.4, -0.2) is 4.57 Å². The lowest BCUT2D eigenvalue weighted by atomic mass is 10.1. The van der Waals surface area contributed by atoms with Crippen molar-refractivity contribution in [3.63, 3.8) is 0 Å². The van der Waals surface area contributed by atoms with Crippen molar-refractivity contribution in [2.45, 2.75) is 20.3 Å². The van der Waals surface area contributed by atoms with E-state index in [9.17, 15) is 4.39 Å².